The summed E-state index contributed by atoms with van der Waals surface area (Å²) in [5.74, 6) is -0.107. The Balaban J connectivity index is 1.59. The number of hydrogen-bond acceptors (Lipinski definition) is 8. The molecule has 0 radical (unpaired) electrons. The molecule has 0 aromatic carbocycles. The number of likely N-dealkylation sites (tertiary alicyclic amines) is 1. The van der Waals surface area contributed by atoms with Crippen molar-refractivity contribution < 1.29 is 4.74 Å². The van der Waals surface area contributed by atoms with Crippen molar-refractivity contribution in [2.24, 2.45) is 0 Å². The van der Waals surface area contributed by atoms with E-state index < -0.39 is 0 Å². The van der Waals surface area contributed by atoms with Crippen LogP contribution in [0.2, 0.25) is 0 Å². The summed E-state index contributed by atoms with van der Waals surface area (Å²) in [6.07, 6.45) is 5.25. The first-order chi connectivity index (χ1) is 14.8. The third-order valence-electron chi connectivity index (χ3n) is 8.35. The monoisotopic (exact) mass is 421 g/mol. The molecule has 0 aromatic heterocycles. The molecule has 0 bridgehead atoms. The minimum absolute atomic E-state index is 0.0328. The number of nitrogens with zero attached hydrogens (tertiary/aromatic N) is 5. The second-order valence-corrected chi connectivity index (χ2v) is 9.84. The predicted octanol–water partition coefficient (Wildman–Crippen LogP) is -0.699. The second-order valence-electron chi connectivity index (χ2n) is 9.84. The largest absolute Gasteiger partial charge is 0.379 e. The number of nitrogens with one attached hydrogen (secondary N) is 2. The van der Waals surface area contributed by atoms with Crippen LogP contribution in [0.5, 0.6) is 0 Å². The molecule has 5 fully saturated rings. The van der Waals surface area contributed by atoms with Gasteiger partial charge in [0.2, 0.25) is 0 Å². The zero-order valence-corrected chi connectivity index (χ0v) is 19.1. The molecule has 30 heavy (non-hydrogen) atoms. The lowest BCUT2D eigenvalue weighted by Crippen LogP contribution is -2.86. The number of morpholine rings is 1. The van der Waals surface area contributed by atoms with Crippen molar-refractivity contribution in [1.29, 1.82) is 0 Å². The fraction of sp³-hybridized carbons (Fsp3) is 1.00. The Labute approximate surface area is 182 Å². The minimum atomic E-state index is -0.107. The Morgan fingerprint density at radius 1 is 0.633 bits per heavy atom. The topological polar surface area (TPSA) is 49.5 Å². The van der Waals surface area contributed by atoms with Gasteiger partial charge in [0.1, 0.15) is 5.66 Å². The summed E-state index contributed by atoms with van der Waals surface area (Å²) in [5, 5.41) is 7.80. The van der Waals surface area contributed by atoms with E-state index in [2.05, 4.69) is 42.2 Å². The van der Waals surface area contributed by atoms with Crippen LogP contribution < -0.4 is 10.6 Å². The van der Waals surface area contributed by atoms with Gasteiger partial charge in [-0.05, 0) is 26.3 Å². The van der Waals surface area contributed by atoms with Crippen LogP contribution in [-0.4, -0.2) is 141 Å². The summed E-state index contributed by atoms with van der Waals surface area (Å²) in [6.45, 7) is 16.5. The van der Waals surface area contributed by atoms with Crippen LogP contribution in [0.1, 0.15) is 25.7 Å². The van der Waals surface area contributed by atoms with E-state index >= 15 is 0 Å². The molecule has 8 nitrogen and oxygen atoms in total. The molecular formula is C22H43N7O. The Hall–Kier alpha value is -0.320. The average molecular weight is 422 g/mol. The van der Waals surface area contributed by atoms with Gasteiger partial charge in [0.25, 0.3) is 0 Å². The summed E-state index contributed by atoms with van der Waals surface area (Å²) in [7, 11) is 2.28. The molecular weight excluding hydrogens is 378 g/mol. The van der Waals surface area contributed by atoms with Gasteiger partial charge in [0.05, 0.1) is 13.2 Å². The van der Waals surface area contributed by atoms with E-state index in [1.807, 2.05) is 0 Å². The lowest BCUT2D eigenvalue weighted by molar-refractivity contribution is -0.241. The van der Waals surface area contributed by atoms with Gasteiger partial charge in [-0.15, -0.1) is 0 Å². The lowest BCUT2D eigenvalue weighted by Gasteiger charge is -2.65. The van der Waals surface area contributed by atoms with Crippen molar-refractivity contribution >= 4 is 0 Å². The van der Waals surface area contributed by atoms with Gasteiger partial charge in [-0.2, -0.15) is 0 Å². The molecule has 5 aliphatic rings. The van der Waals surface area contributed by atoms with Crippen molar-refractivity contribution in [1.82, 2.24) is 35.1 Å². The molecule has 0 spiro atoms. The van der Waals surface area contributed by atoms with Gasteiger partial charge in [-0.3, -0.25) is 24.9 Å². The summed E-state index contributed by atoms with van der Waals surface area (Å²) < 4.78 is 5.83. The molecule has 0 aliphatic carbocycles. The van der Waals surface area contributed by atoms with Gasteiger partial charge in [-0.25, -0.2) is 0 Å². The lowest BCUT2D eigenvalue weighted by atomic mass is 9.89. The molecule has 5 saturated heterocycles. The van der Waals surface area contributed by atoms with Crippen LogP contribution in [0.3, 0.4) is 0 Å². The molecule has 5 rings (SSSR count). The van der Waals surface area contributed by atoms with Crippen molar-refractivity contribution in [3.05, 3.63) is 0 Å². The zero-order chi connectivity index (χ0) is 20.4. The van der Waals surface area contributed by atoms with Crippen LogP contribution >= 0.6 is 0 Å². The summed E-state index contributed by atoms with van der Waals surface area (Å²) in [6, 6.07) is 0. The first-order valence-corrected chi connectivity index (χ1v) is 12.5. The Bertz CT molecular complexity index is 534. The Morgan fingerprint density at radius 3 is 1.97 bits per heavy atom. The first kappa shape index (κ1) is 21.5. The highest BCUT2D eigenvalue weighted by Crippen LogP contribution is 2.46. The van der Waals surface area contributed by atoms with Crippen LogP contribution in [0.15, 0.2) is 0 Å². The fourth-order valence-electron chi connectivity index (χ4n) is 6.93. The van der Waals surface area contributed by atoms with Crippen LogP contribution in [0, 0.1) is 0 Å². The van der Waals surface area contributed by atoms with E-state index in [0.717, 1.165) is 59.0 Å². The van der Waals surface area contributed by atoms with Crippen molar-refractivity contribution in [2.45, 2.75) is 37.1 Å². The number of piperazine rings is 2. The maximum Gasteiger partial charge on any atom is 0.161 e. The Morgan fingerprint density at radius 2 is 1.27 bits per heavy atom. The summed E-state index contributed by atoms with van der Waals surface area (Å²) >= 11 is 0. The average Bonchev–Trinajstić information content (AvgIpc) is 3.23. The van der Waals surface area contributed by atoms with Crippen molar-refractivity contribution in [2.75, 3.05) is 105 Å². The highest BCUT2D eigenvalue weighted by molar-refractivity contribution is 5.16. The molecule has 172 valence electrons. The Kier molecular flexibility index (Phi) is 6.65. The number of piperidine rings is 1. The van der Waals surface area contributed by atoms with E-state index in [9.17, 15) is 0 Å². The summed E-state index contributed by atoms with van der Waals surface area (Å²) in [4.78, 5) is 13.9. The van der Waals surface area contributed by atoms with Crippen LogP contribution in [0.25, 0.3) is 0 Å². The van der Waals surface area contributed by atoms with E-state index in [1.54, 1.807) is 0 Å². The third-order valence-corrected chi connectivity index (χ3v) is 8.35. The number of hydrogen-bond donors (Lipinski definition) is 2. The van der Waals surface area contributed by atoms with Gasteiger partial charge in [0.15, 0.2) is 5.79 Å². The number of rotatable bonds is 4. The molecule has 2 atom stereocenters. The first-order valence-electron chi connectivity index (χ1n) is 12.5. The maximum atomic E-state index is 5.83. The van der Waals surface area contributed by atoms with Gasteiger partial charge in [0, 0.05) is 85.1 Å². The minimum Gasteiger partial charge on any atom is -0.379 e. The van der Waals surface area contributed by atoms with E-state index in [1.165, 1.54) is 65.0 Å². The van der Waals surface area contributed by atoms with Gasteiger partial charge < -0.3 is 15.0 Å². The molecule has 2 unspecified atom stereocenters. The molecule has 0 saturated carbocycles. The van der Waals surface area contributed by atoms with Crippen LogP contribution in [0.4, 0.5) is 0 Å². The maximum absolute atomic E-state index is 5.83. The van der Waals surface area contributed by atoms with Crippen molar-refractivity contribution in [3.8, 4) is 0 Å². The number of ether oxygens (including phenoxy) is 1. The quantitative estimate of drug-likeness (QED) is 0.618. The smallest absolute Gasteiger partial charge is 0.161 e. The summed E-state index contributed by atoms with van der Waals surface area (Å²) in [5.41, 5.74) is 0.0328. The normalized spacial score (nSPS) is 39.5. The van der Waals surface area contributed by atoms with Gasteiger partial charge in [-0.1, -0.05) is 6.42 Å². The van der Waals surface area contributed by atoms with E-state index in [-0.39, 0.29) is 11.4 Å². The predicted molar refractivity (Wildman–Crippen MR) is 119 cm³/mol. The second kappa shape index (κ2) is 9.27. The molecule has 0 amide bonds. The van der Waals surface area contributed by atoms with E-state index in [4.69, 9.17) is 4.74 Å². The molecule has 5 heterocycles. The highest BCUT2D eigenvalue weighted by Gasteiger charge is 2.66. The fourth-order valence-corrected chi connectivity index (χ4v) is 6.93. The van der Waals surface area contributed by atoms with Crippen LogP contribution in [-0.2, 0) is 4.74 Å². The molecule has 0 aromatic rings. The van der Waals surface area contributed by atoms with Crippen molar-refractivity contribution in [3.63, 3.8) is 0 Å². The SMILES string of the molecule is CN1CCN(C2(N3CCNCC3)CCNC2(N2CCCCC2)N2CCOCC2)CC1. The molecule has 8 heteroatoms. The number of likely N-dealkylation sites (N-methyl/N-ethyl adjacent to an activating group) is 1. The zero-order valence-electron chi connectivity index (χ0n) is 19.1. The third kappa shape index (κ3) is 3.53. The molecule has 5 aliphatic heterocycles. The van der Waals surface area contributed by atoms with Gasteiger partial charge >= 0.3 is 0 Å². The highest BCUT2D eigenvalue weighted by atomic mass is 16.5. The standard InChI is InChI=1S/C22H43N7O/c1-25-13-15-27(16-14-25)21(26-11-7-23-8-12-26)5-6-24-22(21,28-9-3-2-4-10-28)29-17-19-30-20-18-29/h23-24H,2-20H2,1H3. The molecule has 2 N–H and O–H groups in total. The van der Waals surface area contributed by atoms with E-state index in [0.29, 0.717) is 0 Å².